The highest BCUT2D eigenvalue weighted by atomic mass is 32.2. The molecule has 2 amide bonds. The van der Waals surface area contributed by atoms with Gasteiger partial charge in [0.25, 0.3) is 16.8 Å². The third-order valence-electron chi connectivity index (χ3n) is 6.14. The van der Waals surface area contributed by atoms with Crippen molar-refractivity contribution in [1.29, 1.82) is 0 Å². The molecule has 4 aromatic rings. The number of carbonyl (C=O) groups is 2. The van der Waals surface area contributed by atoms with Gasteiger partial charge in [0.2, 0.25) is 0 Å². The lowest BCUT2D eigenvalue weighted by atomic mass is 10.1. The number of carbonyl (C=O) groups excluding carboxylic acids is 2. The van der Waals surface area contributed by atoms with Crippen molar-refractivity contribution in [3.05, 3.63) is 117 Å². The number of rotatable bonds is 9. The predicted molar refractivity (Wildman–Crippen MR) is 151 cm³/mol. The average molecular weight is 541 g/mol. The van der Waals surface area contributed by atoms with Gasteiger partial charge in [0.15, 0.2) is 11.5 Å². The van der Waals surface area contributed by atoms with Crippen LogP contribution in [0.25, 0.3) is 16.8 Å². The van der Waals surface area contributed by atoms with Crippen LogP contribution >= 0.6 is 11.8 Å². The molecule has 1 saturated heterocycles. The fourth-order valence-corrected chi connectivity index (χ4v) is 5.02. The van der Waals surface area contributed by atoms with Crippen molar-refractivity contribution in [1.82, 2.24) is 4.90 Å². The largest absolute Gasteiger partial charge is 0.490 e. The lowest BCUT2D eigenvalue weighted by molar-refractivity contribution is -0.384. The molecule has 0 N–H and O–H groups in total. The summed E-state index contributed by atoms with van der Waals surface area (Å²) in [4.78, 5) is 37.3. The van der Waals surface area contributed by atoms with E-state index in [2.05, 4.69) is 24.3 Å². The summed E-state index contributed by atoms with van der Waals surface area (Å²) in [6.07, 6.45) is 1.65. The van der Waals surface area contributed by atoms with Crippen molar-refractivity contribution in [2.75, 3.05) is 6.61 Å². The Morgan fingerprint density at radius 2 is 1.62 bits per heavy atom. The van der Waals surface area contributed by atoms with Crippen LogP contribution in [-0.2, 0) is 17.9 Å². The molecule has 1 aliphatic rings. The molecule has 0 spiro atoms. The number of amides is 2. The number of nitro groups is 1. The Balaban J connectivity index is 1.30. The smallest absolute Gasteiger partial charge is 0.293 e. The van der Waals surface area contributed by atoms with Crippen molar-refractivity contribution in [2.45, 2.75) is 20.1 Å². The van der Waals surface area contributed by atoms with Crippen molar-refractivity contribution < 1.29 is 24.0 Å². The summed E-state index contributed by atoms with van der Waals surface area (Å²) in [5.41, 5.74) is 2.29. The molecule has 1 aliphatic heterocycles. The summed E-state index contributed by atoms with van der Waals surface area (Å²) < 4.78 is 11.9. The number of imide groups is 1. The SMILES string of the molecule is CCOc1cc(/C=C2/SC(=O)N(Cc3ccc([N+](=O)[O-])cc3)C2=O)ccc1OCc1ccc2ccccc2c1. The zero-order valence-electron chi connectivity index (χ0n) is 21.0. The van der Waals surface area contributed by atoms with Gasteiger partial charge in [-0.1, -0.05) is 54.6 Å². The van der Waals surface area contributed by atoms with Crippen LogP contribution in [-0.4, -0.2) is 27.6 Å². The zero-order valence-corrected chi connectivity index (χ0v) is 21.9. The number of non-ortho nitro benzene ring substituents is 1. The molecule has 0 atom stereocenters. The van der Waals surface area contributed by atoms with E-state index in [1.54, 1.807) is 18.2 Å². The minimum Gasteiger partial charge on any atom is -0.490 e. The highest BCUT2D eigenvalue weighted by molar-refractivity contribution is 8.18. The molecule has 4 aromatic carbocycles. The van der Waals surface area contributed by atoms with Crippen LogP contribution in [0.5, 0.6) is 11.5 Å². The molecule has 0 aromatic heterocycles. The fourth-order valence-electron chi connectivity index (χ4n) is 4.18. The van der Waals surface area contributed by atoms with Crippen LogP contribution in [0.1, 0.15) is 23.6 Å². The van der Waals surface area contributed by atoms with Crippen LogP contribution in [0.4, 0.5) is 10.5 Å². The van der Waals surface area contributed by atoms with E-state index < -0.39 is 16.1 Å². The van der Waals surface area contributed by atoms with Gasteiger partial charge < -0.3 is 9.47 Å². The standard InChI is InChI=1S/C30H24N2O6S/c1-2-37-27-16-21(10-14-26(27)38-19-22-7-11-23-5-3-4-6-24(23)15-22)17-28-29(33)31(30(34)39-28)18-20-8-12-25(13-9-20)32(35)36/h3-17H,2,18-19H2,1H3/b28-17+. The molecule has 8 nitrogen and oxygen atoms in total. The van der Waals surface area contributed by atoms with Crippen LogP contribution in [0, 0.1) is 10.1 Å². The quantitative estimate of drug-likeness (QED) is 0.128. The van der Waals surface area contributed by atoms with E-state index in [0.717, 1.165) is 33.0 Å². The van der Waals surface area contributed by atoms with Gasteiger partial charge in [-0.25, -0.2) is 0 Å². The van der Waals surface area contributed by atoms with Gasteiger partial charge in [-0.15, -0.1) is 0 Å². The van der Waals surface area contributed by atoms with E-state index in [1.807, 2.05) is 31.2 Å². The second kappa shape index (κ2) is 11.4. The molecule has 9 heteroatoms. The maximum absolute atomic E-state index is 13.0. The minimum atomic E-state index is -0.497. The first kappa shape index (κ1) is 26.0. The lowest BCUT2D eigenvalue weighted by Gasteiger charge is -2.13. The van der Waals surface area contributed by atoms with Crippen molar-refractivity contribution in [2.24, 2.45) is 0 Å². The Morgan fingerprint density at radius 1 is 0.872 bits per heavy atom. The first-order valence-corrected chi connectivity index (χ1v) is 13.1. The number of nitrogens with zero attached hydrogens (tertiary/aromatic N) is 2. The maximum Gasteiger partial charge on any atom is 0.293 e. The van der Waals surface area contributed by atoms with E-state index in [9.17, 15) is 19.7 Å². The molecule has 0 saturated carbocycles. The number of thioether (sulfide) groups is 1. The number of benzene rings is 4. The first-order valence-electron chi connectivity index (χ1n) is 12.3. The van der Waals surface area contributed by atoms with Gasteiger partial charge in [0.1, 0.15) is 6.61 Å². The Kier molecular flexibility index (Phi) is 7.60. The van der Waals surface area contributed by atoms with Crippen molar-refractivity contribution >= 4 is 45.4 Å². The number of nitro benzene ring substituents is 1. The Labute approximate surface area is 229 Å². The number of hydrogen-bond acceptors (Lipinski definition) is 7. The van der Waals surface area contributed by atoms with Crippen molar-refractivity contribution in [3.63, 3.8) is 0 Å². The highest BCUT2D eigenvalue weighted by Crippen LogP contribution is 2.36. The average Bonchev–Trinajstić information content (AvgIpc) is 3.20. The summed E-state index contributed by atoms with van der Waals surface area (Å²) in [7, 11) is 0. The molecule has 0 radical (unpaired) electrons. The normalized spacial score (nSPS) is 14.3. The second-order valence-electron chi connectivity index (χ2n) is 8.80. The van der Waals surface area contributed by atoms with Gasteiger partial charge in [-0.2, -0.15) is 0 Å². The third-order valence-corrected chi connectivity index (χ3v) is 7.04. The molecule has 1 heterocycles. The Bertz CT molecular complexity index is 1600. The van der Waals surface area contributed by atoms with E-state index in [0.29, 0.717) is 35.8 Å². The number of ether oxygens (including phenoxy) is 2. The molecular formula is C30H24N2O6S. The molecule has 5 rings (SSSR count). The monoisotopic (exact) mass is 540 g/mol. The zero-order chi connectivity index (χ0) is 27.4. The van der Waals surface area contributed by atoms with E-state index in [1.165, 1.54) is 24.3 Å². The minimum absolute atomic E-state index is 0.0335. The Morgan fingerprint density at radius 3 is 2.36 bits per heavy atom. The summed E-state index contributed by atoms with van der Waals surface area (Å²) in [5, 5.41) is 12.8. The summed E-state index contributed by atoms with van der Waals surface area (Å²) in [6, 6.07) is 25.5. The van der Waals surface area contributed by atoms with E-state index in [-0.39, 0.29) is 17.1 Å². The molecule has 0 aliphatic carbocycles. The van der Waals surface area contributed by atoms with Gasteiger partial charge in [-0.05, 0) is 70.4 Å². The van der Waals surface area contributed by atoms with Gasteiger partial charge in [0, 0.05) is 12.1 Å². The second-order valence-corrected chi connectivity index (χ2v) is 9.79. The first-order chi connectivity index (χ1) is 18.9. The Hall–Kier alpha value is -4.63. The summed E-state index contributed by atoms with van der Waals surface area (Å²) in [6.45, 7) is 2.71. The predicted octanol–water partition coefficient (Wildman–Crippen LogP) is 6.96. The maximum atomic E-state index is 13.0. The van der Waals surface area contributed by atoms with Gasteiger partial charge in [0.05, 0.1) is 23.0 Å². The molecular weight excluding hydrogens is 516 g/mol. The van der Waals surface area contributed by atoms with Crippen LogP contribution < -0.4 is 9.47 Å². The fraction of sp³-hybridized carbons (Fsp3) is 0.133. The lowest BCUT2D eigenvalue weighted by Crippen LogP contribution is -2.27. The van der Waals surface area contributed by atoms with E-state index in [4.69, 9.17) is 9.47 Å². The highest BCUT2D eigenvalue weighted by Gasteiger charge is 2.35. The number of hydrogen-bond donors (Lipinski definition) is 0. The number of fused-ring (bicyclic) bond motifs is 1. The molecule has 0 bridgehead atoms. The molecule has 1 fully saturated rings. The van der Waals surface area contributed by atoms with E-state index >= 15 is 0 Å². The van der Waals surface area contributed by atoms with Crippen LogP contribution in [0.3, 0.4) is 0 Å². The van der Waals surface area contributed by atoms with Crippen molar-refractivity contribution in [3.8, 4) is 11.5 Å². The summed E-state index contributed by atoms with van der Waals surface area (Å²) >= 11 is 0.854. The summed E-state index contributed by atoms with van der Waals surface area (Å²) in [5.74, 6) is 0.698. The van der Waals surface area contributed by atoms with Crippen LogP contribution in [0.15, 0.2) is 89.8 Å². The van der Waals surface area contributed by atoms with Gasteiger partial charge in [-0.3, -0.25) is 24.6 Å². The van der Waals surface area contributed by atoms with Gasteiger partial charge >= 0.3 is 0 Å². The van der Waals surface area contributed by atoms with Crippen LogP contribution in [0.2, 0.25) is 0 Å². The topological polar surface area (TPSA) is 99.0 Å². The third kappa shape index (κ3) is 5.94. The molecule has 0 unspecified atom stereocenters. The molecule has 39 heavy (non-hydrogen) atoms. The molecule has 196 valence electrons.